The van der Waals surface area contributed by atoms with E-state index in [1.807, 2.05) is 0 Å². The molecule has 0 spiro atoms. The molecule has 5 aromatic heterocycles. The molecule has 0 radical (unpaired) electrons. The van der Waals surface area contributed by atoms with Crippen LogP contribution in [0.25, 0.3) is 109 Å². The summed E-state index contributed by atoms with van der Waals surface area (Å²) in [6.07, 6.45) is 0. The number of rotatable bonds is 0. The van der Waals surface area contributed by atoms with Crippen molar-refractivity contribution in [1.82, 2.24) is 24.9 Å². The molecule has 0 aliphatic rings. The average Bonchev–Trinajstić information content (AvgIpc) is 1.67. The lowest BCUT2D eigenvalue weighted by molar-refractivity contribution is 0.570. The van der Waals surface area contributed by atoms with Crippen LogP contribution in [0.3, 0.4) is 0 Å². The molecule has 0 aliphatic heterocycles. The van der Waals surface area contributed by atoms with Crippen molar-refractivity contribution < 1.29 is 0 Å². The first-order chi connectivity index (χ1) is 54.3. The normalized spacial score (nSPS) is 11.4. The van der Waals surface area contributed by atoms with E-state index in [4.69, 9.17) is 0 Å². The van der Waals surface area contributed by atoms with E-state index >= 15 is 0 Å². The zero-order valence-electron chi connectivity index (χ0n) is 65.3. The van der Waals surface area contributed by atoms with Gasteiger partial charge in [0.05, 0.1) is 0 Å². The summed E-state index contributed by atoms with van der Waals surface area (Å²) in [6.45, 7) is 25.5. The number of nitrogens with one attached hydrogen (secondary N) is 5. The van der Waals surface area contributed by atoms with Gasteiger partial charge in [0, 0.05) is 220 Å². The maximum atomic E-state index is 3.65. The van der Waals surface area contributed by atoms with Crippen molar-refractivity contribution >= 4 is 109 Å². The smallest absolute Gasteiger partial charge is 0.0465 e. The summed E-state index contributed by atoms with van der Waals surface area (Å²) in [5.41, 5.74) is 23.9. The molecule has 5 heterocycles. The van der Waals surface area contributed by atoms with Gasteiger partial charge >= 0.3 is 0 Å². The van der Waals surface area contributed by atoms with Gasteiger partial charge < -0.3 is 24.9 Å². The summed E-state index contributed by atoms with van der Waals surface area (Å²) in [5.74, 6) is 69.3. The minimum atomic E-state index is -0.109. The second-order valence-corrected chi connectivity index (χ2v) is 33.3. The Morgan fingerprint density at radius 2 is 0.257 bits per heavy atom. The van der Waals surface area contributed by atoms with Crippen molar-refractivity contribution in [3.8, 4) is 118 Å². The van der Waals surface area contributed by atoms with Crippen LogP contribution in [-0.2, 0) is 0 Å². The first-order valence-electron chi connectivity index (χ1n) is 38.1. The fourth-order valence-electron chi connectivity index (χ4n) is 13.9. The van der Waals surface area contributed by atoms with Crippen molar-refractivity contribution in [1.29, 1.82) is 0 Å². The first kappa shape index (κ1) is 71.2. The first-order valence-corrected chi connectivity index (χ1v) is 38.1. The number of fused-ring (bicyclic) bond motifs is 15. The fraction of sp³-hybridized carbons (Fsp3) is 0.148. The Hall–Kier alpha value is -14.8. The third kappa shape index (κ3) is 16.2. The van der Waals surface area contributed by atoms with Crippen molar-refractivity contribution in [3.63, 3.8) is 0 Å². The molecule has 0 saturated heterocycles. The molecule has 12 aromatic carbocycles. The molecule has 0 aliphatic carbocycles. The second kappa shape index (κ2) is 28.3. The predicted octanol–water partition coefficient (Wildman–Crippen LogP) is 23.8. The van der Waals surface area contributed by atoms with Gasteiger partial charge in [-0.05, 0) is 301 Å². The molecule has 0 fully saturated rings. The van der Waals surface area contributed by atoms with Crippen LogP contribution in [0.1, 0.15) is 172 Å². The van der Waals surface area contributed by atoms with Crippen molar-refractivity contribution in [2.45, 2.75) is 83.1 Å². The van der Waals surface area contributed by atoms with E-state index in [0.29, 0.717) is 0 Å². The highest BCUT2D eigenvalue weighted by Crippen LogP contribution is 2.34. The summed E-state index contributed by atoms with van der Waals surface area (Å²) in [6, 6.07) is 75.7. The van der Waals surface area contributed by atoms with Gasteiger partial charge in [0.1, 0.15) is 0 Å². The Balaban J connectivity index is 0.708. The SMILES string of the molecule is CC(C)(C)C#Cc1ccc2[nH]c3ccc(C#Cc4cc(C#Cc5ccc6[nH]c7ccc(C#Cc8cc(C#Cc9ccc%10[nH]c%11ccc(C#CC(C)(C)C)cc%11c%10c9)cc(C#Cc9ccc%10[nH]c%11ccc(C#CC(C)(C)C)cc%11c%10c9)c8)cc7c6c5)cc(C#Cc5ccc6[nH]c7ccc(C#CC(C)(C)C)cc7c6c5)c4)cc3c2c1. The van der Waals surface area contributed by atoms with Crippen molar-refractivity contribution in [3.05, 3.63) is 307 Å². The van der Waals surface area contributed by atoms with E-state index in [0.717, 1.165) is 198 Å². The Bertz CT molecular complexity index is 6830. The minimum Gasteiger partial charge on any atom is -0.355 e. The summed E-state index contributed by atoms with van der Waals surface area (Å²) >= 11 is 0. The lowest BCUT2D eigenvalue weighted by atomic mass is 9.97. The molecule has 534 valence electrons. The third-order valence-electron chi connectivity index (χ3n) is 19.3. The molecule has 0 saturated carbocycles. The maximum absolute atomic E-state index is 3.65. The predicted molar refractivity (Wildman–Crippen MR) is 473 cm³/mol. The highest BCUT2D eigenvalue weighted by atomic mass is 14.7. The van der Waals surface area contributed by atoms with Gasteiger partial charge in [-0.3, -0.25) is 0 Å². The number of hydrogen-bond acceptors (Lipinski definition) is 0. The van der Waals surface area contributed by atoms with E-state index in [2.05, 4.69) is 445 Å². The number of hydrogen-bond donors (Lipinski definition) is 5. The van der Waals surface area contributed by atoms with E-state index < -0.39 is 0 Å². The summed E-state index contributed by atoms with van der Waals surface area (Å²) in [5, 5.41) is 10.9. The van der Waals surface area contributed by atoms with Gasteiger partial charge in [-0.2, -0.15) is 0 Å². The standard InChI is InChI=1S/C108H77N5/c1-105(2,3)49-45-75-31-41-101-91(65-75)87-61-71(27-37-97(87)110-101)15-21-81-53-79(54-82(57-81)22-16-72-28-38-98-88(62-72)92-66-76(32-42-102(92)111-98)46-50-106(4,5)6)19-13-69-25-35-95-85(59-69)86-60-70(26-36-96(86)109-95)14-20-80-55-83(23-17-73-29-39-99-89(63-73)93-67-77(33-43-103(93)112-99)47-51-107(7,8)9)58-84(56-80)24-18-74-30-40-100-90(64-74)94-68-78(34-44-104(94)113-100)48-52-108(10,11)12/h25-44,53-68,109-113H,1-12H3. The van der Waals surface area contributed by atoms with Gasteiger partial charge in [-0.25, -0.2) is 0 Å². The molecular weight excluding hydrogens is 1370 g/mol. The van der Waals surface area contributed by atoms with E-state index in [1.54, 1.807) is 0 Å². The van der Waals surface area contributed by atoms with Crippen molar-refractivity contribution in [2.75, 3.05) is 0 Å². The number of aromatic nitrogens is 5. The van der Waals surface area contributed by atoms with Gasteiger partial charge in [0.2, 0.25) is 0 Å². The van der Waals surface area contributed by atoms with Crippen LogP contribution in [0.15, 0.2) is 218 Å². The number of aromatic amines is 5. The van der Waals surface area contributed by atoms with Crippen LogP contribution < -0.4 is 0 Å². The Morgan fingerprint density at radius 1 is 0.142 bits per heavy atom. The average molecular weight is 1440 g/mol. The van der Waals surface area contributed by atoms with Gasteiger partial charge in [0.15, 0.2) is 0 Å². The van der Waals surface area contributed by atoms with Crippen LogP contribution in [-0.4, -0.2) is 24.9 Å². The van der Waals surface area contributed by atoms with Crippen molar-refractivity contribution in [2.24, 2.45) is 21.7 Å². The van der Waals surface area contributed by atoms with E-state index in [-0.39, 0.29) is 21.7 Å². The molecule has 0 atom stereocenters. The zero-order chi connectivity index (χ0) is 77.9. The Morgan fingerprint density at radius 3 is 0.381 bits per heavy atom. The van der Waals surface area contributed by atoms with Gasteiger partial charge in [-0.1, -0.05) is 118 Å². The molecule has 0 bridgehead atoms. The molecule has 0 amide bonds. The Labute approximate surface area is 660 Å². The van der Waals surface area contributed by atoms with Crippen LogP contribution in [0.5, 0.6) is 0 Å². The van der Waals surface area contributed by atoms with E-state index in [1.165, 1.54) is 0 Å². The topological polar surface area (TPSA) is 78.9 Å². The van der Waals surface area contributed by atoms with Crippen LogP contribution in [0, 0.1) is 140 Å². The largest absolute Gasteiger partial charge is 0.355 e. The quantitative estimate of drug-likeness (QED) is 0.0939. The number of benzene rings is 12. The zero-order valence-corrected chi connectivity index (χ0v) is 65.3. The molecule has 17 aromatic rings. The van der Waals surface area contributed by atoms with Gasteiger partial charge in [-0.15, -0.1) is 0 Å². The molecular formula is C108H77N5. The van der Waals surface area contributed by atoms with E-state index in [9.17, 15) is 0 Å². The third-order valence-corrected chi connectivity index (χ3v) is 19.3. The molecule has 5 heteroatoms. The highest BCUT2D eigenvalue weighted by molar-refractivity contribution is 6.12. The second-order valence-electron chi connectivity index (χ2n) is 33.3. The summed E-state index contributed by atoms with van der Waals surface area (Å²) < 4.78 is 0. The number of H-pyrrole nitrogens is 5. The van der Waals surface area contributed by atoms with Gasteiger partial charge in [0.25, 0.3) is 0 Å². The Kier molecular flexibility index (Phi) is 17.9. The minimum absolute atomic E-state index is 0.109. The maximum Gasteiger partial charge on any atom is 0.0465 e. The molecule has 5 N–H and O–H groups in total. The fourth-order valence-corrected chi connectivity index (χ4v) is 13.9. The molecule has 0 unspecified atom stereocenters. The lowest BCUT2D eigenvalue weighted by Gasteiger charge is -2.06. The molecule has 5 nitrogen and oxygen atoms in total. The highest BCUT2D eigenvalue weighted by Gasteiger charge is 2.15. The van der Waals surface area contributed by atoms with Crippen LogP contribution in [0.2, 0.25) is 0 Å². The van der Waals surface area contributed by atoms with Crippen LogP contribution >= 0.6 is 0 Å². The van der Waals surface area contributed by atoms with Crippen LogP contribution in [0.4, 0.5) is 0 Å². The monoisotopic (exact) mass is 1440 g/mol. The summed E-state index contributed by atoms with van der Waals surface area (Å²) in [7, 11) is 0. The lowest BCUT2D eigenvalue weighted by Crippen LogP contribution is -1.99. The molecule has 17 rings (SSSR count). The summed E-state index contributed by atoms with van der Waals surface area (Å²) in [4.78, 5) is 18.0. The molecule has 113 heavy (non-hydrogen) atoms.